The number of amides is 2. The molecule has 1 saturated carbocycles. The number of nitrogen functional groups attached to an aromatic ring is 1. The third-order valence-electron chi connectivity index (χ3n) is 2.68. The number of hydrogen-bond donors (Lipinski definition) is 3. The molecule has 5 heteroatoms. The van der Waals surface area contributed by atoms with Crippen LogP contribution in [0.2, 0.25) is 0 Å². The number of carbonyl (C=O) groups excluding carboxylic acids is 1. The van der Waals surface area contributed by atoms with Crippen molar-refractivity contribution in [2.24, 2.45) is 0 Å². The number of hydrogen-bond acceptors (Lipinski definition) is 2. The maximum atomic E-state index is 13.3. The summed E-state index contributed by atoms with van der Waals surface area (Å²) in [6.07, 6.45) is 3.12. The molecule has 1 aromatic carbocycles. The van der Waals surface area contributed by atoms with E-state index < -0.39 is 5.82 Å². The van der Waals surface area contributed by atoms with E-state index in [0.717, 1.165) is 19.3 Å². The summed E-state index contributed by atoms with van der Waals surface area (Å²) in [7, 11) is 0. The molecule has 0 aromatic heterocycles. The lowest BCUT2D eigenvalue weighted by molar-refractivity contribution is 0.240. The van der Waals surface area contributed by atoms with Gasteiger partial charge >= 0.3 is 6.03 Å². The van der Waals surface area contributed by atoms with Crippen molar-refractivity contribution in [3.63, 3.8) is 0 Å². The van der Waals surface area contributed by atoms with E-state index in [1.807, 2.05) is 0 Å². The molecule has 1 fully saturated rings. The van der Waals surface area contributed by atoms with Gasteiger partial charge in [-0.1, -0.05) is 0 Å². The molecule has 0 atom stereocenters. The molecule has 2 rings (SSSR count). The van der Waals surface area contributed by atoms with Crippen molar-refractivity contribution in [2.45, 2.75) is 25.3 Å². The number of nitrogens with one attached hydrogen (secondary N) is 2. The molecule has 0 saturated heterocycles. The monoisotopic (exact) mass is 223 g/mol. The SMILES string of the molecule is Nc1ccc(F)c(NC(=O)NC2CCC2)c1. The molecule has 4 nitrogen and oxygen atoms in total. The summed E-state index contributed by atoms with van der Waals surface area (Å²) in [4.78, 5) is 11.4. The fourth-order valence-electron chi connectivity index (χ4n) is 1.54. The molecule has 86 valence electrons. The predicted octanol–water partition coefficient (Wildman–Crippen LogP) is 2.08. The number of nitrogens with two attached hydrogens (primary N) is 1. The van der Waals surface area contributed by atoms with Crippen LogP contribution in [0.3, 0.4) is 0 Å². The third-order valence-corrected chi connectivity index (χ3v) is 2.68. The standard InChI is InChI=1S/C11H14FN3O/c12-9-5-4-7(13)6-10(9)15-11(16)14-8-2-1-3-8/h4-6,8H,1-3,13H2,(H2,14,15,16). The van der Waals surface area contributed by atoms with E-state index in [2.05, 4.69) is 10.6 Å². The van der Waals surface area contributed by atoms with Gasteiger partial charge in [-0.3, -0.25) is 0 Å². The summed E-state index contributed by atoms with van der Waals surface area (Å²) in [5.41, 5.74) is 6.03. The third kappa shape index (κ3) is 2.42. The van der Waals surface area contributed by atoms with Crippen LogP contribution in [0.1, 0.15) is 19.3 Å². The first-order chi connectivity index (χ1) is 7.65. The molecule has 0 unspecified atom stereocenters. The van der Waals surface area contributed by atoms with Gasteiger partial charge in [0.15, 0.2) is 0 Å². The molecule has 0 aliphatic heterocycles. The molecule has 2 amide bonds. The van der Waals surface area contributed by atoms with Gasteiger partial charge < -0.3 is 16.4 Å². The fraction of sp³-hybridized carbons (Fsp3) is 0.364. The Morgan fingerprint density at radius 1 is 1.44 bits per heavy atom. The van der Waals surface area contributed by atoms with Gasteiger partial charge in [0, 0.05) is 11.7 Å². The van der Waals surface area contributed by atoms with Crippen molar-refractivity contribution < 1.29 is 9.18 Å². The summed E-state index contributed by atoms with van der Waals surface area (Å²) < 4.78 is 13.3. The van der Waals surface area contributed by atoms with Gasteiger partial charge in [0.25, 0.3) is 0 Å². The first kappa shape index (κ1) is 10.7. The first-order valence-corrected chi connectivity index (χ1v) is 5.27. The van der Waals surface area contributed by atoms with Crippen molar-refractivity contribution in [1.29, 1.82) is 0 Å². The fourth-order valence-corrected chi connectivity index (χ4v) is 1.54. The smallest absolute Gasteiger partial charge is 0.319 e. The van der Waals surface area contributed by atoms with Crippen LogP contribution in [0, 0.1) is 5.82 Å². The highest BCUT2D eigenvalue weighted by Crippen LogP contribution is 2.19. The van der Waals surface area contributed by atoms with Crippen LogP contribution in [0.15, 0.2) is 18.2 Å². The lowest BCUT2D eigenvalue weighted by Gasteiger charge is -2.26. The minimum absolute atomic E-state index is 0.108. The second-order valence-corrected chi connectivity index (χ2v) is 3.97. The topological polar surface area (TPSA) is 67.1 Å². The maximum Gasteiger partial charge on any atom is 0.319 e. The Morgan fingerprint density at radius 2 is 2.19 bits per heavy atom. The summed E-state index contributed by atoms with van der Waals surface area (Å²) >= 11 is 0. The van der Waals surface area contributed by atoms with Gasteiger partial charge in [-0.15, -0.1) is 0 Å². The summed E-state index contributed by atoms with van der Waals surface area (Å²) in [5.74, 6) is -0.488. The predicted molar refractivity (Wildman–Crippen MR) is 60.6 cm³/mol. The van der Waals surface area contributed by atoms with Crippen molar-refractivity contribution in [3.05, 3.63) is 24.0 Å². The molecule has 16 heavy (non-hydrogen) atoms. The maximum absolute atomic E-state index is 13.3. The number of rotatable bonds is 2. The Labute approximate surface area is 93.0 Å². The number of urea groups is 1. The lowest BCUT2D eigenvalue weighted by atomic mass is 9.93. The molecule has 1 aliphatic carbocycles. The number of halogens is 1. The molecular weight excluding hydrogens is 209 g/mol. The van der Waals surface area contributed by atoms with Gasteiger partial charge in [0.1, 0.15) is 5.82 Å². The molecule has 0 bridgehead atoms. The largest absolute Gasteiger partial charge is 0.399 e. The quantitative estimate of drug-likeness (QED) is 0.672. The van der Waals surface area contributed by atoms with E-state index in [1.54, 1.807) is 0 Å². The van der Waals surface area contributed by atoms with Gasteiger partial charge in [-0.05, 0) is 37.5 Å². The number of carbonyl (C=O) groups is 1. The normalized spacial score (nSPS) is 15.3. The second kappa shape index (κ2) is 4.38. The minimum Gasteiger partial charge on any atom is -0.399 e. The van der Waals surface area contributed by atoms with E-state index in [-0.39, 0.29) is 17.8 Å². The van der Waals surface area contributed by atoms with E-state index in [0.29, 0.717) is 5.69 Å². The molecule has 1 aliphatic rings. The second-order valence-electron chi connectivity index (χ2n) is 3.97. The van der Waals surface area contributed by atoms with E-state index >= 15 is 0 Å². The van der Waals surface area contributed by atoms with Crippen LogP contribution in [-0.2, 0) is 0 Å². The Hall–Kier alpha value is -1.78. The van der Waals surface area contributed by atoms with Crippen LogP contribution in [-0.4, -0.2) is 12.1 Å². The number of anilines is 2. The van der Waals surface area contributed by atoms with Gasteiger partial charge in [-0.25, -0.2) is 9.18 Å². The average molecular weight is 223 g/mol. The van der Waals surface area contributed by atoms with Gasteiger partial charge in [0.05, 0.1) is 5.69 Å². The van der Waals surface area contributed by atoms with E-state index in [4.69, 9.17) is 5.73 Å². The molecular formula is C11H14FN3O. The zero-order valence-electron chi connectivity index (χ0n) is 8.79. The minimum atomic E-state index is -0.488. The van der Waals surface area contributed by atoms with Crippen molar-refractivity contribution in [1.82, 2.24) is 5.32 Å². The zero-order chi connectivity index (χ0) is 11.5. The average Bonchev–Trinajstić information content (AvgIpc) is 2.18. The highest BCUT2D eigenvalue weighted by molar-refractivity contribution is 5.90. The molecule has 0 radical (unpaired) electrons. The van der Waals surface area contributed by atoms with E-state index in [9.17, 15) is 9.18 Å². The van der Waals surface area contributed by atoms with E-state index in [1.165, 1.54) is 18.2 Å². The summed E-state index contributed by atoms with van der Waals surface area (Å²) in [6.45, 7) is 0. The Kier molecular flexibility index (Phi) is 2.94. The summed E-state index contributed by atoms with van der Waals surface area (Å²) in [5, 5.41) is 5.20. The first-order valence-electron chi connectivity index (χ1n) is 5.27. The highest BCUT2D eigenvalue weighted by Gasteiger charge is 2.19. The summed E-state index contributed by atoms with van der Waals surface area (Å²) in [6, 6.07) is 3.92. The van der Waals surface area contributed by atoms with Crippen LogP contribution in [0.4, 0.5) is 20.6 Å². The number of benzene rings is 1. The zero-order valence-corrected chi connectivity index (χ0v) is 8.79. The molecule has 0 spiro atoms. The van der Waals surface area contributed by atoms with Crippen LogP contribution < -0.4 is 16.4 Å². The van der Waals surface area contributed by atoms with Gasteiger partial charge in [-0.2, -0.15) is 0 Å². The van der Waals surface area contributed by atoms with Crippen molar-refractivity contribution in [2.75, 3.05) is 11.1 Å². The Balaban J connectivity index is 1.96. The van der Waals surface area contributed by atoms with Gasteiger partial charge in [0.2, 0.25) is 0 Å². The molecule has 4 N–H and O–H groups in total. The Bertz CT molecular complexity index is 404. The highest BCUT2D eigenvalue weighted by atomic mass is 19.1. The van der Waals surface area contributed by atoms with Crippen molar-refractivity contribution >= 4 is 17.4 Å². The molecule has 0 heterocycles. The Morgan fingerprint density at radius 3 is 2.81 bits per heavy atom. The van der Waals surface area contributed by atoms with Crippen LogP contribution in [0.5, 0.6) is 0 Å². The lowest BCUT2D eigenvalue weighted by Crippen LogP contribution is -2.41. The van der Waals surface area contributed by atoms with Crippen molar-refractivity contribution in [3.8, 4) is 0 Å². The van der Waals surface area contributed by atoms with Crippen LogP contribution >= 0.6 is 0 Å². The van der Waals surface area contributed by atoms with Crippen LogP contribution in [0.25, 0.3) is 0 Å². The molecule has 1 aromatic rings.